The van der Waals surface area contributed by atoms with Crippen molar-refractivity contribution in [2.24, 2.45) is 13.0 Å². The fourth-order valence-electron chi connectivity index (χ4n) is 2.65. The fraction of sp³-hybridized carbons (Fsp3) is 0.429. The van der Waals surface area contributed by atoms with Crippen molar-refractivity contribution >= 4 is 17.4 Å². The number of H-pyrrole nitrogens is 1. The summed E-state index contributed by atoms with van der Waals surface area (Å²) in [6, 6.07) is 3.09. The van der Waals surface area contributed by atoms with Crippen LogP contribution in [0.5, 0.6) is 0 Å². The monoisotopic (exact) mass is 317 g/mol. The van der Waals surface area contributed by atoms with E-state index in [0.29, 0.717) is 24.0 Å². The van der Waals surface area contributed by atoms with Gasteiger partial charge in [-0.2, -0.15) is 10.2 Å². The zero-order chi connectivity index (χ0) is 16.4. The third kappa shape index (κ3) is 3.33. The van der Waals surface area contributed by atoms with Gasteiger partial charge in [0.25, 0.3) is 11.5 Å². The number of nitrogens with zero attached hydrogens (tertiary/aromatic N) is 4. The van der Waals surface area contributed by atoms with Crippen LogP contribution in [-0.4, -0.2) is 45.5 Å². The van der Waals surface area contributed by atoms with Gasteiger partial charge in [-0.3, -0.25) is 14.7 Å². The third-order valence-corrected chi connectivity index (χ3v) is 4.00. The lowest BCUT2D eigenvalue weighted by Crippen LogP contribution is -2.31. The maximum absolute atomic E-state index is 11.9. The summed E-state index contributed by atoms with van der Waals surface area (Å²) in [6.45, 7) is 2.18. The molecule has 0 bridgehead atoms. The van der Waals surface area contributed by atoms with Crippen LogP contribution in [0, 0.1) is 5.92 Å². The summed E-state index contributed by atoms with van der Waals surface area (Å²) in [7, 11) is 1.62. The van der Waals surface area contributed by atoms with Gasteiger partial charge in [0.05, 0.1) is 11.9 Å². The number of nitrogen functional groups attached to an aromatic ring is 1. The van der Waals surface area contributed by atoms with Crippen LogP contribution in [0.4, 0.5) is 11.5 Å². The van der Waals surface area contributed by atoms with Gasteiger partial charge in [0, 0.05) is 38.8 Å². The summed E-state index contributed by atoms with van der Waals surface area (Å²) in [6.07, 6.45) is 2.64. The Morgan fingerprint density at radius 1 is 1.52 bits per heavy atom. The number of anilines is 2. The number of aromatic amines is 1. The second-order valence-electron chi connectivity index (χ2n) is 5.69. The SMILES string of the molecule is Cn1ncc(N2CCC(CNC(=O)c3cc(N)n[nH]3)C2)cc1=O. The molecular weight excluding hydrogens is 298 g/mol. The van der Waals surface area contributed by atoms with Gasteiger partial charge in [0.2, 0.25) is 0 Å². The number of nitrogens with two attached hydrogens (primary N) is 1. The first-order valence-corrected chi connectivity index (χ1v) is 7.40. The van der Waals surface area contributed by atoms with Crippen molar-refractivity contribution in [3.63, 3.8) is 0 Å². The second-order valence-corrected chi connectivity index (χ2v) is 5.69. The molecule has 122 valence electrons. The maximum atomic E-state index is 11.9. The lowest BCUT2D eigenvalue weighted by Gasteiger charge is -2.18. The molecule has 0 saturated carbocycles. The molecule has 2 aromatic rings. The predicted molar refractivity (Wildman–Crippen MR) is 85.1 cm³/mol. The van der Waals surface area contributed by atoms with Gasteiger partial charge >= 0.3 is 0 Å². The lowest BCUT2D eigenvalue weighted by atomic mass is 10.1. The number of nitrogens with one attached hydrogen (secondary N) is 2. The number of aryl methyl sites for hydroxylation is 1. The molecule has 0 aliphatic carbocycles. The zero-order valence-electron chi connectivity index (χ0n) is 12.8. The van der Waals surface area contributed by atoms with Gasteiger partial charge in [-0.15, -0.1) is 0 Å². The molecule has 23 heavy (non-hydrogen) atoms. The highest BCUT2D eigenvalue weighted by molar-refractivity contribution is 5.92. The van der Waals surface area contributed by atoms with Crippen LogP contribution in [0.3, 0.4) is 0 Å². The van der Waals surface area contributed by atoms with E-state index in [1.807, 2.05) is 0 Å². The van der Waals surface area contributed by atoms with Crippen LogP contribution in [0.25, 0.3) is 0 Å². The Balaban J connectivity index is 1.54. The molecular formula is C14H19N7O2. The van der Waals surface area contributed by atoms with Crippen molar-refractivity contribution in [3.05, 3.63) is 34.4 Å². The minimum atomic E-state index is -0.220. The first kappa shape index (κ1) is 15.1. The molecule has 2 aromatic heterocycles. The average molecular weight is 317 g/mol. The molecule has 1 atom stereocenters. The van der Waals surface area contributed by atoms with Crippen LogP contribution in [0.15, 0.2) is 23.1 Å². The standard InChI is InChI=1S/C14H19N7O2/c1-20-13(22)4-10(7-17-20)21-3-2-9(8-21)6-16-14(23)11-5-12(15)19-18-11/h4-5,7,9H,2-3,6,8H2,1H3,(H,16,23)(H3,15,18,19). The molecule has 9 nitrogen and oxygen atoms in total. The van der Waals surface area contributed by atoms with Gasteiger partial charge in [0.15, 0.2) is 0 Å². The van der Waals surface area contributed by atoms with Crippen molar-refractivity contribution in [1.82, 2.24) is 25.3 Å². The van der Waals surface area contributed by atoms with Crippen LogP contribution in [0.1, 0.15) is 16.9 Å². The fourth-order valence-corrected chi connectivity index (χ4v) is 2.65. The number of carbonyl (C=O) groups excluding carboxylic acids is 1. The minimum absolute atomic E-state index is 0.129. The van der Waals surface area contributed by atoms with Crippen LogP contribution >= 0.6 is 0 Å². The number of aromatic nitrogens is 4. The Bertz CT molecular complexity index is 766. The molecule has 3 heterocycles. The molecule has 1 saturated heterocycles. The Labute approximate surface area is 132 Å². The summed E-state index contributed by atoms with van der Waals surface area (Å²) < 4.78 is 1.30. The molecule has 0 radical (unpaired) electrons. The van der Waals surface area contributed by atoms with Gasteiger partial charge in [-0.25, -0.2) is 4.68 Å². The minimum Gasteiger partial charge on any atom is -0.382 e. The number of carbonyl (C=O) groups is 1. The third-order valence-electron chi connectivity index (χ3n) is 4.00. The van der Waals surface area contributed by atoms with Crippen molar-refractivity contribution in [2.45, 2.75) is 6.42 Å². The molecule has 4 N–H and O–H groups in total. The van der Waals surface area contributed by atoms with E-state index in [1.54, 1.807) is 19.3 Å². The van der Waals surface area contributed by atoms with Gasteiger partial charge in [0.1, 0.15) is 11.5 Å². The first-order valence-electron chi connectivity index (χ1n) is 7.40. The Morgan fingerprint density at radius 3 is 3.04 bits per heavy atom. The highest BCUT2D eigenvalue weighted by atomic mass is 16.2. The highest BCUT2D eigenvalue weighted by Crippen LogP contribution is 2.21. The van der Waals surface area contributed by atoms with Crippen molar-refractivity contribution in [3.8, 4) is 0 Å². The van der Waals surface area contributed by atoms with Crippen LogP contribution < -0.4 is 21.5 Å². The molecule has 1 unspecified atom stereocenters. The van der Waals surface area contributed by atoms with Gasteiger partial charge < -0.3 is 16.0 Å². The summed E-state index contributed by atoms with van der Waals surface area (Å²) in [5.41, 5.74) is 6.53. The molecule has 0 spiro atoms. The van der Waals surface area contributed by atoms with E-state index in [4.69, 9.17) is 5.73 Å². The van der Waals surface area contributed by atoms with E-state index in [-0.39, 0.29) is 11.5 Å². The molecule has 1 aliphatic heterocycles. The van der Waals surface area contributed by atoms with E-state index in [1.165, 1.54) is 10.7 Å². The first-order chi connectivity index (χ1) is 11.0. The number of rotatable bonds is 4. The van der Waals surface area contributed by atoms with E-state index >= 15 is 0 Å². The van der Waals surface area contributed by atoms with Crippen molar-refractivity contribution in [2.75, 3.05) is 30.3 Å². The van der Waals surface area contributed by atoms with E-state index in [9.17, 15) is 9.59 Å². The Kier molecular flexibility index (Phi) is 4.00. The quantitative estimate of drug-likeness (QED) is 0.688. The highest BCUT2D eigenvalue weighted by Gasteiger charge is 2.24. The van der Waals surface area contributed by atoms with Gasteiger partial charge in [-0.1, -0.05) is 0 Å². The molecule has 3 rings (SSSR count). The number of hydrogen-bond donors (Lipinski definition) is 3. The smallest absolute Gasteiger partial charge is 0.269 e. The second kappa shape index (κ2) is 6.11. The number of hydrogen-bond acceptors (Lipinski definition) is 6. The molecule has 0 aromatic carbocycles. The van der Waals surface area contributed by atoms with Crippen molar-refractivity contribution in [1.29, 1.82) is 0 Å². The number of amides is 1. The van der Waals surface area contributed by atoms with Crippen LogP contribution in [-0.2, 0) is 7.05 Å². The normalized spacial score (nSPS) is 17.4. The zero-order valence-corrected chi connectivity index (χ0v) is 12.8. The lowest BCUT2D eigenvalue weighted by molar-refractivity contribution is 0.0943. The molecule has 9 heteroatoms. The topological polar surface area (TPSA) is 122 Å². The summed E-state index contributed by atoms with van der Waals surface area (Å²) in [4.78, 5) is 25.7. The van der Waals surface area contributed by atoms with E-state index in [2.05, 4.69) is 25.5 Å². The average Bonchev–Trinajstić information content (AvgIpc) is 3.17. The molecule has 1 amide bonds. The largest absolute Gasteiger partial charge is 0.382 e. The van der Waals surface area contributed by atoms with E-state index < -0.39 is 0 Å². The molecule has 1 aliphatic rings. The molecule has 1 fully saturated rings. The summed E-state index contributed by atoms with van der Waals surface area (Å²) in [5.74, 6) is 0.395. The summed E-state index contributed by atoms with van der Waals surface area (Å²) in [5, 5.41) is 13.2. The van der Waals surface area contributed by atoms with Crippen molar-refractivity contribution < 1.29 is 4.79 Å². The van der Waals surface area contributed by atoms with Gasteiger partial charge in [-0.05, 0) is 12.3 Å². The Morgan fingerprint density at radius 2 is 2.35 bits per heavy atom. The maximum Gasteiger partial charge on any atom is 0.269 e. The predicted octanol–water partition coefficient (Wildman–Crippen LogP) is -0.658. The Hall–Kier alpha value is -2.84. The summed E-state index contributed by atoms with van der Waals surface area (Å²) >= 11 is 0. The van der Waals surface area contributed by atoms with Crippen LogP contribution in [0.2, 0.25) is 0 Å². The van der Waals surface area contributed by atoms with E-state index in [0.717, 1.165) is 25.2 Å².